The summed E-state index contributed by atoms with van der Waals surface area (Å²) in [7, 11) is 2.89. The smallest absolute Gasteiger partial charge is 0.369 e. The lowest BCUT2D eigenvalue weighted by atomic mass is 9.91. The van der Waals surface area contributed by atoms with E-state index in [0.29, 0.717) is 12.1 Å². The topological polar surface area (TPSA) is 99.8 Å². The Balaban J connectivity index is 2.34. The van der Waals surface area contributed by atoms with Crippen molar-refractivity contribution in [2.45, 2.75) is 44.7 Å². The third-order valence-corrected chi connectivity index (χ3v) is 6.11. The van der Waals surface area contributed by atoms with Crippen molar-refractivity contribution < 1.29 is 31.1 Å². The van der Waals surface area contributed by atoms with Crippen LogP contribution in [0.4, 0.5) is 29.1 Å². The van der Waals surface area contributed by atoms with Gasteiger partial charge in [-0.15, -0.1) is 0 Å². The number of hydrogen-bond acceptors (Lipinski definition) is 4. The summed E-state index contributed by atoms with van der Waals surface area (Å²) in [6.07, 6.45) is -2.70. The first-order valence-corrected chi connectivity index (χ1v) is 11.6. The fraction of sp³-hybridized carbons (Fsp3) is 0.455. The molecule has 2 rings (SSSR count). The number of carbonyl (C=O) groups excluding carboxylic acids is 1. The van der Waals surface area contributed by atoms with Crippen molar-refractivity contribution in [2.24, 2.45) is 5.73 Å². The zero-order valence-corrected chi connectivity index (χ0v) is 19.9. The Morgan fingerprint density at radius 2 is 1.91 bits per heavy atom. The van der Waals surface area contributed by atoms with Crippen LogP contribution >= 0.6 is 0 Å². The van der Waals surface area contributed by atoms with Gasteiger partial charge in [0.15, 0.2) is 0 Å². The molecular formula is C22H28F4N4O3S. The standard InChI is InChI=1S/C22H28F4N4O3S/c1-4-5-12-29(2)21-14(8-11-19(28-21)22(24,25)26)6-9-16(20(27)31)15-7-10-18(17(23)13-15)30(3)34(32)33/h7-8,10-11,13,16H,4-6,9,12H2,1-3H3,(H2,27,31)(H,32,33). The van der Waals surface area contributed by atoms with Crippen LogP contribution < -0.4 is 14.9 Å². The molecule has 0 fully saturated rings. The predicted molar refractivity (Wildman–Crippen MR) is 123 cm³/mol. The number of aryl methyl sites for hydroxylation is 1. The highest BCUT2D eigenvalue weighted by Gasteiger charge is 2.33. The highest BCUT2D eigenvalue weighted by Crippen LogP contribution is 2.32. The summed E-state index contributed by atoms with van der Waals surface area (Å²) in [5.74, 6) is -2.30. The summed E-state index contributed by atoms with van der Waals surface area (Å²) < 4.78 is 75.3. The number of alkyl halides is 3. The summed E-state index contributed by atoms with van der Waals surface area (Å²) >= 11 is -2.43. The molecule has 0 saturated carbocycles. The lowest BCUT2D eigenvalue weighted by molar-refractivity contribution is -0.141. The van der Waals surface area contributed by atoms with E-state index >= 15 is 0 Å². The monoisotopic (exact) mass is 504 g/mol. The van der Waals surface area contributed by atoms with Crippen LogP contribution in [0.5, 0.6) is 0 Å². The Morgan fingerprint density at radius 3 is 2.44 bits per heavy atom. The fourth-order valence-corrected chi connectivity index (χ4v) is 3.83. The number of anilines is 2. The van der Waals surface area contributed by atoms with Gasteiger partial charge in [0.25, 0.3) is 11.3 Å². The number of rotatable bonds is 11. The van der Waals surface area contributed by atoms with Crippen molar-refractivity contribution in [2.75, 3.05) is 29.8 Å². The summed E-state index contributed by atoms with van der Waals surface area (Å²) in [6.45, 7) is 2.47. The summed E-state index contributed by atoms with van der Waals surface area (Å²) in [5, 5.41) is 0. The summed E-state index contributed by atoms with van der Waals surface area (Å²) in [5.41, 5.74) is 5.15. The first-order valence-electron chi connectivity index (χ1n) is 10.6. The molecule has 12 heteroatoms. The van der Waals surface area contributed by atoms with E-state index in [1.54, 1.807) is 11.9 Å². The molecule has 0 aliphatic rings. The number of carbonyl (C=O) groups is 1. The van der Waals surface area contributed by atoms with Gasteiger partial charge < -0.3 is 10.6 Å². The quantitative estimate of drug-likeness (QED) is 0.352. The molecule has 0 saturated heterocycles. The molecule has 34 heavy (non-hydrogen) atoms. The number of hydrogen-bond donors (Lipinski definition) is 2. The second-order valence-corrected chi connectivity index (χ2v) is 8.89. The van der Waals surface area contributed by atoms with Gasteiger partial charge in [-0.1, -0.05) is 25.5 Å². The predicted octanol–water partition coefficient (Wildman–Crippen LogP) is 4.25. The molecule has 2 atom stereocenters. The molecule has 0 spiro atoms. The second-order valence-electron chi connectivity index (χ2n) is 7.88. The number of nitrogens with zero attached hydrogens (tertiary/aromatic N) is 3. The molecule has 0 radical (unpaired) electrons. The molecule has 1 amide bonds. The number of primary amides is 1. The molecule has 0 bridgehead atoms. The second kappa shape index (κ2) is 11.6. The molecule has 3 N–H and O–H groups in total. The third-order valence-electron chi connectivity index (χ3n) is 5.45. The molecule has 2 aromatic rings. The fourth-order valence-electron chi connectivity index (χ4n) is 3.51. The van der Waals surface area contributed by atoms with Crippen molar-refractivity contribution in [3.05, 3.63) is 53.0 Å². The van der Waals surface area contributed by atoms with Crippen molar-refractivity contribution in [3.8, 4) is 0 Å². The van der Waals surface area contributed by atoms with Crippen LogP contribution in [-0.2, 0) is 28.7 Å². The number of unbranched alkanes of at least 4 members (excludes halogenated alkanes) is 1. The molecular weight excluding hydrogens is 476 g/mol. The zero-order chi connectivity index (χ0) is 25.6. The minimum absolute atomic E-state index is 0.109. The van der Waals surface area contributed by atoms with E-state index in [0.717, 1.165) is 29.3 Å². The van der Waals surface area contributed by atoms with Gasteiger partial charge in [0, 0.05) is 20.6 Å². The van der Waals surface area contributed by atoms with Crippen molar-refractivity contribution in [1.82, 2.24) is 4.98 Å². The van der Waals surface area contributed by atoms with Gasteiger partial charge in [-0.05, 0) is 48.6 Å². The summed E-state index contributed by atoms with van der Waals surface area (Å²) in [6, 6.07) is 5.98. The van der Waals surface area contributed by atoms with E-state index < -0.39 is 40.8 Å². The number of nitrogens with two attached hydrogens (primary N) is 1. The van der Waals surface area contributed by atoms with Crippen molar-refractivity contribution in [1.29, 1.82) is 0 Å². The van der Waals surface area contributed by atoms with Gasteiger partial charge in [-0.25, -0.2) is 13.6 Å². The van der Waals surface area contributed by atoms with Crippen LogP contribution in [0.15, 0.2) is 30.3 Å². The van der Waals surface area contributed by atoms with Gasteiger partial charge >= 0.3 is 6.18 Å². The maximum absolute atomic E-state index is 14.5. The molecule has 7 nitrogen and oxygen atoms in total. The molecule has 0 aliphatic carbocycles. The van der Waals surface area contributed by atoms with E-state index in [1.165, 1.54) is 25.2 Å². The lowest BCUT2D eigenvalue weighted by Gasteiger charge is -2.23. The minimum atomic E-state index is -4.60. The van der Waals surface area contributed by atoms with Gasteiger partial charge in [0.2, 0.25) is 5.91 Å². The Kier molecular flexibility index (Phi) is 9.39. The van der Waals surface area contributed by atoms with Crippen molar-refractivity contribution in [3.63, 3.8) is 0 Å². The van der Waals surface area contributed by atoms with Crippen LogP contribution in [0, 0.1) is 5.82 Å². The van der Waals surface area contributed by atoms with Gasteiger partial charge in [0.1, 0.15) is 17.3 Å². The Labute approximate surface area is 198 Å². The average molecular weight is 505 g/mol. The molecule has 0 aliphatic heterocycles. The number of benzene rings is 1. The van der Waals surface area contributed by atoms with E-state index in [1.807, 2.05) is 6.92 Å². The minimum Gasteiger partial charge on any atom is -0.369 e. The number of amides is 1. The Hall–Kier alpha value is -2.73. The van der Waals surface area contributed by atoms with E-state index in [2.05, 4.69) is 4.98 Å². The van der Waals surface area contributed by atoms with Gasteiger partial charge in [-0.2, -0.15) is 13.2 Å². The molecule has 188 valence electrons. The van der Waals surface area contributed by atoms with Crippen LogP contribution in [0.1, 0.15) is 48.9 Å². The average Bonchev–Trinajstić information content (AvgIpc) is 2.76. The SMILES string of the molecule is CCCCN(C)c1nc(C(F)(F)F)ccc1CCC(C(N)=O)c1ccc(N(C)S(=O)O)c(F)c1. The largest absolute Gasteiger partial charge is 0.433 e. The van der Waals surface area contributed by atoms with Crippen LogP contribution in [-0.4, -0.2) is 40.3 Å². The number of halogens is 4. The highest BCUT2D eigenvalue weighted by atomic mass is 32.2. The number of pyridine rings is 1. The maximum atomic E-state index is 14.5. The van der Waals surface area contributed by atoms with Crippen LogP contribution in [0.3, 0.4) is 0 Å². The van der Waals surface area contributed by atoms with Gasteiger partial charge in [-0.3, -0.25) is 13.7 Å². The lowest BCUT2D eigenvalue weighted by Crippen LogP contribution is -2.25. The first-order chi connectivity index (χ1) is 15.9. The third kappa shape index (κ3) is 6.89. The van der Waals surface area contributed by atoms with E-state index in [4.69, 9.17) is 10.3 Å². The van der Waals surface area contributed by atoms with Gasteiger partial charge in [0.05, 0.1) is 11.6 Å². The van der Waals surface area contributed by atoms with E-state index in [-0.39, 0.29) is 29.9 Å². The van der Waals surface area contributed by atoms with Crippen LogP contribution in [0.25, 0.3) is 0 Å². The first kappa shape index (κ1) is 27.5. The highest BCUT2D eigenvalue weighted by molar-refractivity contribution is 7.80. The van der Waals surface area contributed by atoms with Crippen LogP contribution in [0.2, 0.25) is 0 Å². The Bertz CT molecular complexity index is 1040. The molecule has 1 aromatic carbocycles. The maximum Gasteiger partial charge on any atom is 0.433 e. The molecule has 1 heterocycles. The normalized spacial score (nSPS) is 13.4. The number of aromatic nitrogens is 1. The molecule has 2 unspecified atom stereocenters. The summed E-state index contributed by atoms with van der Waals surface area (Å²) in [4.78, 5) is 17.6. The Morgan fingerprint density at radius 1 is 1.24 bits per heavy atom. The van der Waals surface area contributed by atoms with Crippen molar-refractivity contribution >= 4 is 28.7 Å². The van der Waals surface area contributed by atoms with E-state index in [9.17, 15) is 26.6 Å². The molecule has 1 aromatic heterocycles. The zero-order valence-electron chi connectivity index (χ0n) is 19.1.